The molecular weight excluding hydrogens is 1220 g/mol. The lowest BCUT2D eigenvalue weighted by atomic mass is 9.86. The van der Waals surface area contributed by atoms with Crippen molar-refractivity contribution >= 4 is 71.2 Å². The van der Waals surface area contributed by atoms with Crippen LogP contribution < -0.4 is 15.4 Å². The molecule has 16 atom stereocenters. The number of nitrogens with one attached hydrogen (secondary N) is 2. The first-order chi connectivity index (χ1) is 43.4. The SMILES string of the molecule is CC[C@H](O)[C@@H](C)[C@H]1O[C@@H]1C[C@@](C)(O)/C=C/C=C(\C)[C@H]1OC(=O)C[C@H](C)CC[C@@](C)(OC(C)=O)[C@@H](OC(=O)N2CCN(C(=O)OCc3ccc(O[C@@H]4O[C@H](C(=O)O)[C@@H](O)[C@H](O)[C@H]4O)c(NC(=O)CCNC(=O)CCCCCN4C(=O)CC(SC)C4=O)c3)CC2)/C=C/[C@@H]1C. The molecule has 0 bridgehead atoms. The van der Waals surface area contributed by atoms with Crippen molar-refractivity contribution in [1.29, 1.82) is 0 Å². The van der Waals surface area contributed by atoms with E-state index < -0.39 is 102 Å². The van der Waals surface area contributed by atoms with Crippen LogP contribution in [0.2, 0.25) is 0 Å². The first-order valence-electron chi connectivity index (χ1n) is 31.5. The lowest BCUT2D eigenvalue weighted by Crippen LogP contribution is -2.61. The Balaban J connectivity index is 1.06. The number of carbonyl (C=O) groups is 9. The fraction of sp³-hybridized carbons (Fsp3) is 0.672. The van der Waals surface area contributed by atoms with Gasteiger partial charge in [0.05, 0.1) is 34.9 Å². The smallest absolute Gasteiger partial charge is 0.410 e. The summed E-state index contributed by atoms with van der Waals surface area (Å²) in [6.07, 6.45) is -0.755. The standard InChI is InChI=1S/C64H93N5O22S/c1-10-43(71)39(5)56-45(86-56)34-63(7,84)23-14-15-37(3)55-38(4)17-20-47(64(8,91-40(6)70)24-21-36(2)31-51(75)89-55)88-62(83)68-29-27-67(28-30-68)61(82)85-35-41-18-19-44(87-60-54(78)52(76)53(77)57(90-60)59(80)81)42(32-41)66-49(73)22-25-65-48(72)16-12-11-13-26-69-50(74)33-46(92-9)58(69)79/h14-15,17-20,23,32,36,38-39,43,45-47,52-57,60,71,76-78,84H,10-13,16,21-22,24-31,33-35H2,1-9H3,(H,65,72)(H,66,73)(H,80,81)/b20-17+,23-14+,37-15+/t36-,38+,39-,43+,45-,46?,47+,52+,53+,54-,55-,56-,57+,60-,63+,64-/m1/s1. The predicted octanol–water partition coefficient (Wildman–Crippen LogP) is 4.28. The maximum absolute atomic E-state index is 14.1. The first kappa shape index (κ1) is 74.4. The number of cyclic esters (lactones) is 1. The number of benzene rings is 1. The second-order valence-electron chi connectivity index (χ2n) is 25.0. The molecule has 1 aromatic rings. The highest BCUT2D eigenvalue weighted by Gasteiger charge is 2.50. The topological polar surface area (TPSA) is 377 Å². The number of thioether (sulfide) groups is 1. The fourth-order valence-corrected chi connectivity index (χ4v) is 12.1. The molecule has 5 aliphatic heterocycles. The third-order valence-corrected chi connectivity index (χ3v) is 18.1. The Kier molecular flexibility index (Phi) is 27.5. The zero-order valence-corrected chi connectivity index (χ0v) is 54.7. The number of piperazine rings is 1. The fourth-order valence-electron chi connectivity index (χ4n) is 11.5. The molecule has 8 N–H and O–H groups in total. The van der Waals surface area contributed by atoms with E-state index in [2.05, 4.69) is 10.6 Å². The second-order valence-corrected chi connectivity index (χ2v) is 26.0. The summed E-state index contributed by atoms with van der Waals surface area (Å²) in [5.74, 6) is -5.11. The summed E-state index contributed by atoms with van der Waals surface area (Å²) in [7, 11) is 0. The molecule has 0 aliphatic carbocycles. The van der Waals surface area contributed by atoms with Gasteiger partial charge in [-0.25, -0.2) is 14.4 Å². The molecule has 28 heteroatoms. The van der Waals surface area contributed by atoms with Crippen LogP contribution in [0.5, 0.6) is 5.75 Å². The van der Waals surface area contributed by atoms with Crippen LogP contribution in [0, 0.1) is 17.8 Å². The van der Waals surface area contributed by atoms with Gasteiger partial charge < -0.3 is 84.2 Å². The molecule has 1 aromatic carbocycles. The van der Waals surface area contributed by atoms with E-state index in [9.17, 15) is 73.8 Å². The number of aliphatic hydroxyl groups is 5. The number of aliphatic carboxylic acids is 1. The lowest BCUT2D eigenvalue weighted by molar-refractivity contribution is -0.271. The number of hydrogen-bond donors (Lipinski definition) is 8. The quantitative estimate of drug-likeness (QED) is 0.0122. The number of imide groups is 1. The number of epoxide rings is 1. The number of esters is 2. The molecule has 0 spiro atoms. The van der Waals surface area contributed by atoms with Crippen LogP contribution in [0.15, 0.2) is 54.2 Å². The molecule has 0 aromatic heterocycles. The Morgan fingerprint density at radius 3 is 2.25 bits per heavy atom. The molecule has 92 heavy (non-hydrogen) atoms. The largest absolute Gasteiger partial charge is 0.479 e. The number of aliphatic hydroxyl groups excluding tert-OH is 4. The molecule has 6 rings (SSSR count). The molecule has 5 aliphatic rings. The Morgan fingerprint density at radius 2 is 1.60 bits per heavy atom. The second kappa shape index (κ2) is 34.0. The van der Waals surface area contributed by atoms with Gasteiger partial charge in [0, 0.05) is 90.1 Å². The maximum Gasteiger partial charge on any atom is 0.410 e. The van der Waals surface area contributed by atoms with Crippen LogP contribution in [-0.2, 0) is 68.6 Å². The average Bonchev–Trinajstić information content (AvgIpc) is 1.38. The number of anilines is 1. The van der Waals surface area contributed by atoms with Crippen LogP contribution in [0.25, 0.3) is 0 Å². The van der Waals surface area contributed by atoms with Crippen molar-refractivity contribution < 1.29 is 107 Å². The highest BCUT2D eigenvalue weighted by atomic mass is 32.2. The van der Waals surface area contributed by atoms with Crippen molar-refractivity contribution in [2.75, 3.05) is 50.8 Å². The van der Waals surface area contributed by atoms with E-state index in [1.54, 1.807) is 57.4 Å². The van der Waals surface area contributed by atoms with E-state index in [0.29, 0.717) is 49.7 Å². The van der Waals surface area contributed by atoms with Crippen LogP contribution in [-0.4, -0.2) is 222 Å². The highest BCUT2D eigenvalue weighted by Crippen LogP contribution is 2.39. The van der Waals surface area contributed by atoms with E-state index in [0.717, 1.165) is 0 Å². The minimum Gasteiger partial charge on any atom is -0.479 e. The first-order valence-corrected chi connectivity index (χ1v) is 32.8. The van der Waals surface area contributed by atoms with Crippen molar-refractivity contribution in [3.63, 3.8) is 0 Å². The number of nitrogens with zero attached hydrogens (tertiary/aromatic N) is 3. The van der Waals surface area contributed by atoms with Crippen LogP contribution in [0.1, 0.15) is 132 Å². The number of rotatable bonds is 26. The molecule has 6 amide bonds. The number of ether oxygens (including phenoxy) is 7. The van der Waals surface area contributed by atoms with Gasteiger partial charge in [0.2, 0.25) is 29.9 Å². The summed E-state index contributed by atoms with van der Waals surface area (Å²) in [4.78, 5) is 120. The lowest BCUT2D eigenvalue weighted by Gasteiger charge is -2.38. The summed E-state index contributed by atoms with van der Waals surface area (Å²) < 4.78 is 40.8. The van der Waals surface area contributed by atoms with Crippen molar-refractivity contribution in [2.24, 2.45) is 17.8 Å². The van der Waals surface area contributed by atoms with Gasteiger partial charge in [-0.2, -0.15) is 11.8 Å². The third-order valence-electron chi connectivity index (χ3n) is 17.2. The van der Waals surface area contributed by atoms with Gasteiger partial charge in [0.1, 0.15) is 42.4 Å². The average molecular weight is 1320 g/mol. The number of likely N-dealkylation sites (tertiary alicyclic amines) is 1. The number of hydrogen-bond acceptors (Lipinski definition) is 22. The van der Waals surface area contributed by atoms with Gasteiger partial charge in [-0.3, -0.25) is 33.7 Å². The van der Waals surface area contributed by atoms with Crippen LogP contribution in [0.3, 0.4) is 0 Å². The van der Waals surface area contributed by atoms with E-state index in [1.165, 1.54) is 51.6 Å². The number of carboxylic acids is 1. The third kappa shape index (κ3) is 21.2. The Labute approximate surface area is 540 Å². The van der Waals surface area contributed by atoms with Crippen molar-refractivity contribution in [2.45, 2.75) is 210 Å². The van der Waals surface area contributed by atoms with Crippen LogP contribution in [0.4, 0.5) is 15.3 Å². The van der Waals surface area contributed by atoms with Crippen molar-refractivity contribution in [3.05, 3.63) is 59.7 Å². The Hall–Kier alpha value is -6.66. The molecule has 512 valence electrons. The molecular formula is C64H93N5O22S. The van der Waals surface area contributed by atoms with Gasteiger partial charge in [-0.1, -0.05) is 64.5 Å². The highest BCUT2D eigenvalue weighted by molar-refractivity contribution is 8.00. The Bertz CT molecular complexity index is 2860. The maximum atomic E-state index is 14.1. The van der Waals surface area contributed by atoms with E-state index >= 15 is 0 Å². The number of unbranched alkanes of at least 4 members (excludes halogenated alkanes) is 2. The number of carbonyl (C=O) groups excluding carboxylic acids is 8. The van der Waals surface area contributed by atoms with Gasteiger partial charge >= 0.3 is 30.1 Å². The molecule has 5 heterocycles. The summed E-state index contributed by atoms with van der Waals surface area (Å²) in [5, 5.41) is 67.5. The number of allylic oxidation sites excluding steroid dienone is 2. The van der Waals surface area contributed by atoms with Gasteiger partial charge in [-0.05, 0) is 94.4 Å². The molecule has 0 radical (unpaired) electrons. The summed E-state index contributed by atoms with van der Waals surface area (Å²) in [6, 6.07) is 4.11. The number of carboxylic acid groups (broad SMARTS) is 1. The summed E-state index contributed by atoms with van der Waals surface area (Å²) in [6.45, 7) is 13.8. The normalized spacial score (nSPS) is 29.8. The van der Waals surface area contributed by atoms with Crippen molar-refractivity contribution in [1.82, 2.24) is 20.0 Å². The zero-order chi connectivity index (χ0) is 67.8. The molecule has 1 unspecified atom stereocenters. The predicted molar refractivity (Wildman–Crippen MR) is 332 cm³/mol. The molecule has 27 nitrogen and oxygen atoms in total. The van der Waals surface area contributed by atoms with E-state index in [1.807, 2.05) is 27.7 Å². The van der Waals surface area contributed by atoms with Gasteiger partial charge in [-0.15, -0.1) is 0 Å². The molecule has 0 saturated carbocycles. The van der Waals surface area contributed by atoms with Gasteiger partial charge in [0.25, 0.3) is 0 Å². The zero-order valence-electron chi connectivity index (χ0n) is 53.9. The van der Waals surface area contributed by atoms with Gasteiger partial charge in [0.15, 0.2) is 12.2 Å². The summed E-state index contributed by atoms with van der Waals surface area (Å²) in [5.41, 5.74) is -1.75. The Morgan fingerprint density at radius 1 is 0.902 bits per heavy atom. The van der Waals surface area contributed by atoms with E-state index in [-0.39, 0.29) is 136 Å². The number of amides is 6. The van der Waals surface area contributed by atoms with Crippen molar-refractivity contribution in [3.8, 4) is 5.75 Å². The molecule has 4 fully saturated rings. The monoisotopic (exact) mass is 1320 g/mol. The van der Waals surface area contributed by atoms with Crippen LogP contribution >= 0.6 is 11.8 Å². The summed E-state index contributed by atoms with van der Waals surface area (Å²) >= 11 is 1.33. The minimum atomic E-state index is -2.01. The molecule has 4 saturated heterocycles. The minimum absolute atomic E-state index is 0.0101. The van der Waals surface area contributed by atoms with E-state index in [4.69, 9.17) is 33.2 Å².